The molecule has 146 valence electrons. The van der Waals surface area contributed by atoms with Crippen LogP contribution in [0, 0.1) is 13.8 Å². The highest BCUT2D eigenvalue weighted by Gasteiger charge is 2.18. The van der Waals surface area contributed by atoms with Crippen molar-refractivity contribution in [2.24, 2.45) is 0 Å². The van der Waals surface area contributed by atoms with Gasteiger partial charge in [0.2, 0.25) is 5.95 Å². The molecule has 4 aromatic rings. The fraction of sp³-hybridized carbons (Fsp3) is 0.100. The molecule has 0 aliphatic carbocycles. The highest BCUT2D eigenvalue weighted by molar-refractivity contribution is 9.10. The Morgan fingerprint density at radius 2 is 2.00 bits per heavy atom. The largest absolute Gasteiger partial charge is 0.306 e. The molecule has 1 aromatic carbocycles. The van der Waals surface area contributed by atoms with E-state index in [2.05, 4.69) is 36.3 Å². The van der Waals surface area contributed by atoms with E-state index in [-0.39, 0.29) is 17.4 Å². The van der Waals surface area contributed by atoms with E-state index in [0.29, 0.717) is 32.8 Å². The Morgan fingerprint density at radius 3 is 2.69 bits per heavy atom. The number of nitrogens with one attached hydrogen (secondary N) is 2. The highest BCUT2D eigenvalue weighted by atomic mass is 79.9. The van der Waals surface area contributed by atoms with Crippen molar-refractivity contribution in [2.75, 3.05) is 5.32 Å². The van der Waals surface area contributed by atoms with Gasteiger partial charge in [0.1, 0.15) is 11.5 Å². The van der Waals surface area contributed by atoms with Gasteiger partial charge < -0.3 is 5.32 Å². The number of aromatic nitrogens is 4. The average Bonchev–Trinajstić information content (AvgIpc) is 3.36. The normalized spacial score (nSPS) is 10.9. The number of carbonyl (C=O) groups excluding carboxylic acids is 1. The SMILES string of the molecule is Cc1nc(-n2nc(-c3cccs3)cc2NC(=O)c2ccccc2Br)[nH]c(=O)c1C. The van der Waals surface area contributed by atoms with Gasteiger partial charge in [0.25, 0.3) is 11.5 Å². The average molecular weight is 470 g/mol. The summed E-state index contributed by atoms with van der Waals surface area (Å²) in [4.78, 5) is 33.2. The van der Waals surface area contributed by atoms with Gasteiger partial charge in [-0.25, -0.2) is 4.98 Å². The lowest BCUT2D eigenvalue weighted by Gasteiger charge is -2.10. The van der Waals surface area contributed by atoms with Crippen LogP contribution in [0.25, 0.3) is 16.5 Å². The number of hydrogen-bond acceptors (Lipinski definition) is 5. The quantitative estimate of drug-likeness (QED) is 0.465. The number of amides is 1. The fourth-order valence-corrected chi connectivity index (χ4v) is 3.88. The molecule has 0 bridgehead atoms. The molecule has 0 saturated heterocycles. The first-order valence-corrected chi connectivity index (χ1v) is 10.4. The lowest BCUT2D eigenvalue weighted by Crippen LogP contribution is -2.21. The van der Waals surface area contributed by atoms with Crippen molar-refractivity contribution in [3.05, 3.63) is 79.5 Å². The summed E-state index contributed by atoms with van der Waals surface area (Å²) in [5, 5.41) is 9.40. The smallest absolute Gasteiger partial charge is 0.257 e. The molecule has 1 amide bonds. The van der Waals surface area contributed by atoms with Crippen molar-refractivity contribution in [1.82, 2.24) is 19.7 Å². The number of H-pyrrole nitrogens is 1. The first-order valence-electron chi connectivity index (χ1n) is 8.72. The summed E-state index contributed by atoms with van der Waals surface area (Å²) in [6.07, 6.45) is 0. The number of nitrogens with zero attached hydrogens (tertiary/aromatic N) is 3. The number of rotatable bonds is 4. The molecule has 3 aromatic heterocycles. The van der Waals surface area contributed by atoms with Crippen LogP contribution in [-0.2, 0) is 0 Å². The van der Waals surface area contributed by atoms with E-state index in [1.165, 1.54) is 16.0 Å². The second-order valence-corrected chi connectivity index (χ2v) is 8.14. The second kappa shape index (κ2) is 7.76. The summed E-state index contributed by atoms with van der Waals surface area (Å²) in [6, 6.07) is 12.8. The maximum atomic E-state index is 12.8. The topological polar surface area (TPSA) is 92.7 Å². The van der Waals surface area contributed by atoms with Crippen molar-refractivity contribution >= 4 is 39.0 Å². The van der Waals surface area contributed by atoms with Crippen LogP contribution in [0.4, 0.5) is 5.82 Å². The molecule has 4 rings (SSSR count). The van der Waals surface area contributed by atoms with E-state index < -0.39 is 0 Å². The molecule has 0 aliphatic heterocycles. The van der Waals surface area contributed by atoms with Crippen molar-refractivity contribution in [3.63, 3.8) is 0 Å². The van der Waals surface area contributed by atoms with E-state index in [9.17, 15) is 9.59 Å². The molecule has 0 aliphatic rings. The van der Waals surface area contributed by atoms with E-state index in [4.69, 9.17) is 0 Å². The molecular weight excluding hydrogens is 454 g/mol. The van der Waals surface area contributed by atoms with E-state index in [1.807, 2.05) is 23.6 Å². The van der Waals surface area contributed by atoms with E-state index >= 15 is 0 Å². The van der Waals surface area contributed by atoms with Crippen molar-refractivity contribution in [1.29, 1.82) is 0 Å². The third-order valence-electron chi connectivity index (χ3n) is 4.43. The van der Waals surface area contributed by atoms with Gasteiger partial charge in [-0.15, -0.1) is 11.3 Å². The number of benzene rings is 1. The van der Waals surface area contributed by atoms with Crippen LogP contribution >= 0.6 is 27.3 Å². The van der Waals surface area contributed by atoms with Crippen LogP contribution in [0.15, 0.2) is 57.1 Å². The molecule has 7 nitrogen and oxygen atoms in total. The zero-order chi connectivity index (χ0) is 20.5. The third kappa shape index (κ3) is 3.79. The number of halogens is 1. The zero-order valence-electron chi connectivity index (χ0n) is 15.6. The van der Waals surface area contributed by atoms with Gasteiger partial charge in [0.15, 0.2) is 0 Å². The minimum Gasteiger partial charge on any atom is -0.306 e. The van der Waals surface area contributed by atoms with Crippen molar-refractivity contribution in [3.8, 4) is 16.5 Å². The summed E-state index contributed by atoms with van der Waals surface area (Å²) < 4.78 is 2.12. The summed E-state index contributed by atoms with van der Waals surface area (Å²) >= 11 is 4.93. The Balaban J connectivity index is 1.81. The number of anilines is 1. The van der Waals surface area contributed by atoms with Crippen LogP contribution in [0.2, 0.25) is 0 Å². The van der Waals surface area contributed by atoms with Crippen molar-refractivity contribution in [2.45, 2.75) is 13.8 Å². The van der Waals surface area contributed by atoms with Gasteiger partial charge in [0, 0.05) is 21.8 Å². The minimum absolute atomic E-state index is 0.239. The number of hydrogen-bond donors (Lipinski definition) is 2. The van der Waals surface area contributed by atoms with Gasteiger partial charge in [-0.3, -0.25) is 14.6 Å². The van der Waals surface area contributed by atoms with Crippen molar-refractivity contribution < 1.29 is 4.79 Å². The molecule has 0 saturated carbocycles. The second-order valence-electron chi connectivity index (χ2n) is 6.34. The van der Waals surface area contributed by atoms with Crippen LogP contribution in [0.1, 0.15) is 21.6 Å². The lowest BCUT2D eigenvalue weighted by molar-refractivity contribution is 0.102. The first-order chi connectivity index (χ1) is 13.9. The van der Waals surface area contributed by atoms with E-state index in [0.717, 1.165) is 4.88 Å². The number of thiophene rings is 1. The fourth-order valence-electron chi connectivity index (χ4n) is 2.74. The van der Waals surface area contributed by atoms with Gasteiger partial charge in [0.05, 0.1) is 10.4 Å². The van der Waals surface area contributed by atoms with Crippen LogP contribution in [0.5, 0.6) is 0 Å². The van der Waals surface area contributed by atoms with Crippen LogP contribution in [-0.4, -0.2) is 25.7 Å². The number of aromatic amines is 1. The molecule has 0 radical (unpaired) electrons. The summed E-state index contributed by atoms with van der Waals surface area (Å²) in [7, 11) is 0. The molecular formula is C20H16BrN5O2S. The highest BCUT2D eigenvalue weighted by Crippen LogP contribution is 2.28. The van der Waals surface area contributed by atoms with Gasteiger partial charge >= 0.3 is 0 Å². The Bertz CT molecular complexity index is 1260. The molecule has 29 heavy (non-hydrogen) atoms. The standard InChI is InChI=1S/C20H16BrN5O2S/c1-11-12(2)22-20(24-18(11)27)26-17(10-15(25-26)16-8-5-9-29-16)23-19(28)13-6-3-4-7-14(13)21/h3-10H,1-2H3,(H,23,28)(H,22,24,27). The number of carbonyl (C=O) groups is 1. The molecule has 0 unspecified atom stereocenters. The zero-order valence-corrected chi connectivity index (χ0v) is 18.0. The first kappa shape index (κ1) is 19.3. The molecule has 0 fully saturated rings. The van der Waals surface area contributed by atoms with Crippen LogP contribution in [0.3, 0.4) is 0 Å². The molecule has 0 spiro atoms. The third-order valence-corrected chi connectivity index (χ3v) is 6.01. The summed E-state index contributed by atoms with van der Waals surface area (Å²) in [6.45, 7) is 3.47. The Hall–Kier alpha value is -3.04. The Kier molecular flexibility index (Phi) is 5.16. The minimum atomic E-state index is -0.303. The van der Waals surface area contributed by atoms with Crippen LogP contribution < -0.4 is 10.9 Å². The maximum absolute atomic E-state index is 12.8. The molecule has 0 atom stereocenters. The Morgan fingerprint density at radius 1 is 1.21 bits per heavy atom. The predicted molar refractivity (Wildman–Crippen MR) is 117 cm³/mol. The maximum Gasteiger partial charge on any atom is 0.257 e. The lowest BCUT2D eigenvalue weighted by atomic mass is 10.2. The summed E-state index contributed by atoms with van der Waals surface area (Å²) in [5.74, 6) is 0.339. The monoisotopic (exact) mass is 469 g/mol. The molecule has 2 N–H and O–H groups in total. The molecule has 3 heterocycles. The van der Waals surface area contributed by atoms with E-state index in [1.54, 1.807) is 38.1 Å². The van der Waals surface area contributed by atoms with Gasteiger partial charge in [-0.1, -0.05) is 18.2 Å². The summed E-state index contributed by atoms with van der Waals surface area (Å²) in [5.41, 5.74) is 2.05. The predicted octanol–water partition coefficient (Wildman–Crippen LogP) is 4.32. The molecule has 9 heteroatoms. The number of aryl methyl sites for hydroxylation is 1. The van der Waals surface area contributed by atoms with Gasteiger partial charge in [-0.05, 0) is 53.4 Å². The Labute approximate surface area is 178 Å². The van der Waals surface area contributed by atoms with Gasteiger partial charge in [-0.2, -0.15) is 9.78 Å².